The fourth-order valence-electron chi connectivity index (χ4n) is 2.14. The third kappa shape index (κ3) is 3.73. The largest absolute Gasteiger partial charge is 0.461 e. The lowest BCUT2D eigenvalue weighted by Gasteiger charge is -2.17. The summed E-state index contributed by atoms with van der Waals surface area (Å²) in [7, 11) is 1.82. The standard InChI is InChI=1S/C18H20N2O2/c1-4-22-18(21)17(15-11-6-5-7-12-15)19-20(3)16-13-9-8-10-14(16)2/h5-13H,4H2,1-3H3/b19-17-. The van der Waals surface area contributed by atoms with Gasteiger partial charge in [0.15, 0.2) is 5.71 Å². The van der Waals surface area contributed by atoms with Gasteiger partial charge in [-0.3, -0.25) is 5.01 Å². The number of benzene rings is 2. The Balaban J connectivity index is 2.40. The van der Waals surface area contributed by atoms with Crippen molar-refractivity contribution in [2.45, 2.75) is 13.8 Å². The van der Waals surface area contributed by atoms with Crippen LogP contribution in [-0.2, 0) is 9.53 Å². The van der Waals surface area contributed by atoms with Crippen molar-refractivity contribution < 1.29 is 9.53 Å². The molecule has 4 heteroatoms. The van der Waals surface area contributed by atoms with Crippen LogP contribution >= 0.6 is 0 Å². The first kappa shape index (κ1) is 15.8. The summed E-state index contributed by atoms with van der Waals surface area (Å²) in [5.74, 6) is -0.422. The van der Waals surface area contributed by atoms with E-state index in [-0.39, 0.29) is 0 Å². The Hall–Kier alpha value is -2.62. The number of aryl methyl sites for hydroxylation is 1. The average Bonchev–Trinajstić information content (AvgIpc) is 2.54. The molecular weight excluding hydrogens is 276 g/mol. The topological polar surface area (TPSA) is 41.9 Å². The van der Waals surface area contributed by atoms with Crippen molar-refractivity contribution in [3.63, 3.8) is 0 Å². The lowest BCUT2D eigenvalue weighted by atomic mass is 10.1. The van der Waals surface area contributed by atoms with Crippen molar-refractivity contribution in [3.05, 3.63) is 65.7 Å². The minimum Gasteiger partial charge on any atom is -0.461 e. The molecule has 0 fully saturated rings. The van der Waals surface area contributed by atoms with E-state index in [1.54, 1.807) is 11.9 Å². The second-order valence-corrected chi connectivity index (χ2v) is 4.85. The number of anilines is 1. The third-order valence-corrected chi connectivity index (χ3v) is 3.23. The van der Waals surface area contributed by atoms with Gasteiger partial charge in [0.1, 0.15) is 0 Å². The number of hydrogen-bond donors (Lipinski definition) is 0. The van der Waals surface area contributed by atoms with E-state index in [1.807, 2.05) is 68.6 Å². The van der Waals surface area contributed by atoms with Gasteiger partial charge < -0.3 is 4.74 Å². The van der Waals surface area contributed by atoms with Crippen LogP contribution in [0.2, 0.25) is 0 Å². The second kappa shape index (κ2) is 7.41. The number of para-hydroxylation sites is 1. The van der Waals surface area contributed by atoms with Gasteiger partial charge in [-0.25, -0.2) is 4.79 Å². The molecule has 0 bridgehead atoms. The first-order valence-corrected chi connectivity index (χ1v) is 7.24. The summed E-state index contributed by atoms with van der Waals surface area (Å²) < 4.78 is 5.13. The Morgan fingerprint density at radius 3 is 2.36 bits per heavy atom. The van der Waals surface area contributed by atoms with Crippen molar-refractivity contribution >= 4 is 17.4 Å². The minimum absolute atomic E-state index is 0.299. The van der Waals surface area contributed by atoms with Crippen molar-refractivity contribution in [2.75, 3.05) is 18.7 Å². The monoisotopic (exact) mass is 296 g/mol. The molecule has 0 atom stereocenters. The van der Waals surface area contributed by atoms with E-state index in [0.717, 1.165) is 16.8 Å². The molecule has 0 spiro atoms. The van der Waals surface area contributed by atoms with Gasteiger partial charge >= 0.3 is 5.97 Å². The van der Waals surface area contributed by atoms with Crippen LogP contribution < -0.4 is 5.01 Å². The summed E-state index contributed by atoms with van der Waals surface area (Å²) in [5.41, 5.74) is 3.07. The van der Waals surface area contributed by atoms with Crippen LogP contribution in [0.1, 0.15) is 18.1 Å². The fraction of sp³-hybridized carbons (Fsp3) is 0.222. The first-order valence-electron chi connectivity index (χ1n) is 7.24. The zero-order valence-electron chi connectivity index (χ0n) is 13.1. The van der Waals surface area contributed by atoms with Crippen LogP contribution in [-0.4, -0.2) is 25.3 Å². The fourth-order valence-corrected chi connectivity index (χ4v) is 2.14. The predicted molar refractivity (Wildman–Crippen MR) is 89.2 cm³/mol. The first-order chi connectivity index (χ1) is 10.6. The van der Waals surface area contributed by atoms with Gasteiger partial charge in [-0.2, -0.15) is 5.10 Å². The summed E-state index contributed by atoms with van der Waals surface area (Å²) in [6.45, 7) is 4.11. The van der Waals surface area contributed by atoms with Crippen molar-refractivity contribution in [3.8, 4) is 0 Å². The highest BCUT2D eigenvalue weighted by Gasteiger charge is 2.17. The maximum atomic E-state index is 12.2. The predicted octanol–water partition coefficient (Wildman–Crippen LogP) is 3.40. The van der Waals surface area contributed by atoms with Crippen LogP contribution in [0.15, 0.2) is 59.7 Å². The van der Waals surface area contributed by atoms with Gasteiger partial charge in [0, 0.05) is 12.6 Å². The normalized spacial score (nSPS) is 11.1. The van der Waals surface area contributed by atoms with Crippen LogP contribution in [0.25, 0.3) is 0 Å². The van der Waals surface area contributed by atoms with Crippen LogP contribution in [0.5, 0.6) is 0 Å². The number of hydrogen-bond acceptors (Lipinski definition) is 4. The van der Waals surface area contributed by atoms with E-state index in [9.17, 15) is 4.79 Å². The Bertz CT molecular complexity index is 666. The number of nitrogens with zero attached hydrogens (tertiary/aromatic N) is 2. The molecule has 2 aromatic carbocycles. The zero-order valence-corrected chi connectivity index (χ0v) is 13.1. The molecule has 0 aromatic heterocycles. The van der Waals surface area contributed by atoms with Gasteiger partial charge in [0.05, 0.1) is 12.3 Å². The van der Waals surface area contributed by atoms with Gasteiger partial charge in [0.25, 0.3) is 0 Å². The molecule has 22 heavy (non-hydrogen) atoms. The molecule has 4 nitrogen and oxygen atoms in total. The molecule has 0 aliphatic rings. The minimum atomic E-state index is -0.422. The summed E-state index contributed by atoms with van der Waals surface area (Å²) in [6.07, 6.45) is 0. The molecule has 0 heterocycles. The lowest BCUT2D eigenvalue weighted by molar-refractivity contribution is -0.134. The third-order valence-electron chi connectivity index (χ3n) is 3.23. The molecule has 2 rings (SSSR count). The van der Waals surface area contributed by atoms with Crippen LogP contribution in [0, 0.1) is 6.92 Å². The van der Waals surface area contributed by atoms with Crippen molar-refractivity contribution in [1.29, 1.82) is 0 Å². The Morgan fingerprint density at radius 2 is 1.73 bits per heavy atom. The zero-order chi connectivity index (χ0) is 15.9. The molecule has 0 N–H and O–H groups in total. The number of esters is 1. The number of ether oxygens (including phenoxy) is 1. The van der Waals surface area contributed by atoms with Gasteiger partial charge in [-0.05, 0) is 25.5 Å². The highest BCUT2D eigenvalue weighted by Crippen LogP contribution is 2.18. The molecule has 2 aromatic rings. The summed E-state index contributed by atoms with van der Waals surface area (Å²) >= 11 is 0. The number of rotatable bonds is 5. The van der Waals surface area contributed by atoms with E-state index in [4.69, 9.17) is 4.74 Å². The second-order valence-electron chi connectivity index (χ2n) is 4.85. The number of carbonyl (C=O) groups excluding carboxylic acids is 1. The molecule has 0 saturated carbocycles. The highest BCUT2D eigenvalue weighted by molar-refractivity contribution is 6.43. The molecule has 0 aliphatic heterocycles. The van der Waals surface area contributed by atoms with E-state index in [1.165, 1.54) is 0 Å². The molecular formula is C18H20N2O2. The number of hydrazone groups is 1. The molecule has 0 unspecified atom stereocenters. The highest BCUT2D eigenvalue weighted by atomic mass is 16.5. The molecule has 0 radical (unpaired) electrons. The molecule has 0 saturated heterocycles. The Kier molecular flexibility index (Phi) is 5.31. The van der Waals surface area contributed by atoms with E-state index in [2.05, 4.69) is 5.10 Å². The van der Waals surface area contributed by atoms with Crippen molar-refractivity contribution in [2.24, 2.45) is 5.10 Å². The lowest BCUT2D eigenvalue weighted by Crippen LogP contribution is -2.23. The van der Waals surface area contributed by atoms with E-state index < -0.39 is 5.97 Å². The smallest absolute Gasteiger partial charge is 0.359 e. The Morgan fingerprint density at radius 1 is 1.09 bits per heavy atom. The summed E-state index contributed by atoms with van der Waals surface area (Å²) in [5, 5.41) is 6.17. The average molecular weight is 296 g/mol. The quantitative estimate of drug-likeness (QED) is 0.482. The maximum Gasteiger partial charge on any atom is 0.359 e. The summed E-state index contributed by atoms with van der Waals surface area (Å²) in [4.78, 5) is 12.2. The number of carbonyl (C=O) groups is 1. The van der Waals surface area contributed by atoms with Gasteiger partial charge in [0.2, 0.25) is 0 Å². The molecule has 0 amide bonds. The summed E-state index contributed by atoms with van der Waals surface area (Å²) in [6, 6.07) is 17.2. The van der Waals surface area contributed by atoms with Crippen LogP contribution in [0.4, 0.5) is 5.69 Å². The molecule has 114 valence electrons. The SMILES string of the molecule is CCOC(=O)/C(=N\N(C)c1ccccc1C)c1ccccc1. The van der Waals surface area contributed by atoms with Crippen molar-refractivity contribution in [1.82, 2.24) is 0 Å². The van der Waals surface area contributed by atoms with Gasteiger partial charge in [-0.15, -0.1) is 0 Å². The molecule has 0 aliphatic carbocycles. The maximum absolute atomic E-state index is 12.2. The van der Waals surface area contributed by atoms with E-state index >= 15 is 0 Å². The Labute approximate surface area is 131 Å². The van der Waals surface area contributed by atoms with E-state index in [0.29, 0.717) is 12.3 Å². The van der Waals surface area contributed by atoms with Crippen LogP contribution in [0.3, 0.4) is 0 Å². The van der Waals surface area contributed by atoms with Gasteiger partial charge in [-0.1, -0.05) is 48.5 Å².